The van der Waals surface area contributed by atoms with E-state index in [1.807, 2.05) is 0 Å². The van der Waals surface area contributed by atoms with E-state index in [2.05, 4.69) is 5.32 Å². The number of rotatable bonds is 5. The van der Waals surface area contributed by atoms with Crippen LogP contribution in [0, 0.1) is 0 Å². The molecule has 0 saturated heterocycles. The number of nitrogens with zero attached hydrogens (tertiary/aromatic N) is 1. The second-order valence-electron chi connectivity index (χ2n) is 11.0. The Kier molecular flexibility index (Phi) is 8.25. The lowest BCUT2D eigenvalue weighted by molar-refractivity contribution is -0.147. The molecule has 0 radical (unpaired) electrons. The first-order valence-electron chi connectivity index (χ1n) is 13.3. The van der Waals surface area contributed by atoms with Gasteiger partial charge in [-0.1, -0.05) is 41.4 Å². The first kappa shape index (κ1) is 29.5. The number of nitrogens with one attached hydrogen (secondary N) is 1. The molecule has 3 aromatic carbocycles. The van der Waals surface area contributed by atoms with Gasteiger partial charge < -0.3 is 24.3 Å². The van der Waals surface area contributed by atoms with Gasteiger partial charge in [-0.2, -0.15) is 0 Å². The summed E-state index contributed by atoms with van der Waals surface area (Å²) in [4.78, 5) is 40.0. The number of esters is 1. The van der Waals surface area contributed by atoms with Gasteiger partial charge in [0.1, 0.15) is 29.7 Å². The quantitative estimate of drug-likeness (QED) is 0.329. The largest absolute Gasteiger partial charge is 0.489 e. The molecule has 2 aliphatic heterocycles. The molecule has 5 rings (SSSR count). The van der Waals surface area contributed by atoms with E-state index in [1.165, 1.54) is 12.0 Å². The third-order valence-corrected chi connectivity index (χ3v) is 7.61. The van der Waals surface area contributed by atoms with E-state index in [0.29, 0.717) is 38.4 Å². The van der Waals surface area contributed by atoms with Crippen molar-refractivity contribution in [1.29, 1.82) is 0 Å². The number of hydrogen-bond donors (Lipinski definition) is 1. The van der Waals surface area contributed by atoms with Crippen molar-refractivity contribution < 1.29 is 33.3 Å². The Hall–Kier alpha value is -3.95. The minimum absolute atomic E-state index is 0.112. The van der Waals surface area contributed by atoms with Gasteiger partial charge >= 0.3 is 12.1 Å². The maximum atomic E-state index is 13.0. The molecule has 2 atom stereocenters. The van der Waals surface area contributed by atoms with E-state index in [4.69, 9.17) is 42.1 Å². The standard InChI is InChI=1S/C31H30Cl2N2O7/c1-31(2,3)42-30(38)35-15-19-14-26-24(12-18(19)13-25(35)29(37)39-4)34-28(36)27(41-26)17-8-10-20(11-9-17)40-16-21-22(32)6-5-7-23(21)33/h5-12,14,25,27H,13,15-16H2,1-4H3,(H,34,36)/t25-,27?/m0/s1. The maximum absolute atomic E-state index is 13.0. The number of benzene rings is 3. The lowest BCUT2D eigenvalue weighted by Crippen LogP contribution is -2.50. The van der Waals surface area contributed by atoms with Gasteiger partial charge in [0.25, 0.3) is 5.91 Å². The van der Waals surface area contributed by atoms with Crippen LogP contribution in [-0.2, 0) is 38.6 Å². The Bertz CT molecular complexity index is 1520. The van der Waals surface area contributed by atoms with Gasteiger partial charge in [0.05, 0.1) is 19.3 Å². The maximum Gasteiger partial charge on any atom is 0.411 e. The Morgan fingerprint density at radius 1 is 1.05 bits per heavy atom. The third-order valence-electron chi connectivity index (χ3n) is 6.90. The molecule has 9 nitrogen and oxygen atoms in total. The fourth-order valence-corrected chi connectivity index (χ4v) is 5.34. The minimum Gasteiger partial charge on any atom is -0.489 e. The fraction of sp³-hybridized carbons (Fsp3) is 0.323. The van der Waals surface area contributed by atoms with E-state index in [-0.39, 0.29) is 25.5 Å². The average molecular weight is 613 g/mol. The van der Waals surface area contributed by atoms with Crippen molar-refractivity contribution in [2.24, 2.45) is 0 Å². The van der Waals surface area contributed by atoms with Gasteiger partial charge in [0, 0.05) is 27.6 Å². The number of hydrogen-bond acceptors (Lipinski definition) is 7. The molecule has 1 unspecified atom stereocenters. The Balaban J connectivity index is 1.34. The van der Waals surface area contributed by atoms with Crippen molar-refractivity contribution in [3.63, 3.8) is 0 Å². The van der Waals surface area contributed by atoms with Crippen molar-refractivity contribution in [2.75, 3.05) is 12.4 Å². The molecular formula is C31H30Cl2N2O7. The highest BCUT2D eigenvalue weighted by Crippen LogP contribution is 2.40. The van der Waals surface area contributed by atoms with Crippen LogP contribution in [0.3, 0.4) is 0 Å². The monoisotopic (exact) mass is 612 g/mol. The van der Waals surface area contributed by atoms with Crippen LogP contribution in [0.15, 0.2) is 54.6 Å². The molecule has 2 amide bonds. The van der Waals surface area contributed by atoms with Gasteiger partial charge in [-0.05, 0) is 68.3 Å². The summed E-state index contributed by atoms with van der Waals surface area (Å²) in [6.45, 7) is 5.58. The molecule has 0 aliphatic carbocycles. The summed E-state index contributed by atoms with van der Waals surface area (Å²) >= 11 is 12.5. The number of anilines is 1. The summed E-state index contributed by atoms with van der Waals surface area (Å²) in [5.41, 5.74) is 2.63. The third kappa shape index (κ3) is 6.27. The number of carbonyl (C=O) groups excluding carboxylic acids is 3. The molecule has 1 N–H and O–H groups in total. The normalized spacial score (nSPS) is 17.8. The van der Waals surface area contributed by atoms with Crippen molar-refractivity contribution >= 4 is 46.9 Å². The van der Waals surface area contributed by atoms with E-state index < -0.39 is 29.8 Å². The molecule has 2 aliphatic rings. The minimum atomic E-state index is -0.907. The molecule has 0 fully saturated rings. The lowest BCUT2D eigenvalue weighted by atomic mass is 9.92. The lowest BCUT2D eigenvalue weighted by Gasteiger charge is -2.37. The zero-order chi connectivity index (χ0) is 30.2. The second-order valence-corrected chi connectivity index (χ2v) is 11.8. The highest BCUT2D eigenvalue weighted by Gasteiger charge is 2.39. The van der Waals surface area contributed by atoms with E-state index >= 15 is 0 Å². The van der Waals surface area contributed by atoms with Crippen LogP contribution in [0.25, 0.3) is 0 Å². The first-order valence-corrected chi connectivity index (χ1v) is 14.1. The smallest absolute Gasteiger partial charge is 0.411 e. The average Bonchev–Trinajstić information content (AvgIpc) is 2.94. The predicted octanol–water partition coefficient (Wildman–Crippen LogP) is 6.48. The van der Waals surface area contributed by atoms with Gasteiger partial charge in [-0.3, -0.25) is 9.69 Å². The van der Waals surface area contributed by atoms with Gasteiger partial charge in [0.15, 0.2) is 0 Å². The molecule has 0 bridgehead atoms. The van der Waals surface area contributed by atoms with Crippen LogP contribution < -0.4 is 14.8 Å². The summed E-state index contributed by atoms with van der Waals surface area (Å²) < 4.78 is 22.5. The zero-order valence-corrected chi connectivity index (χ0v) is 25.0. The SMILES string of the molecule is COC(=O)[C@@H]1Cc2cc3c(cc2CN1C(=O)OC(C)(C)C)OC(c1ccc(OCc2c(Cl)cccc2Cl)cc1)C(=O)N3. The predicted molar refractivity (Wildman–Crippen MR) is 157 cm³/mol. The van der Waals surface area contributed by atoms with Crippen LogP contribution in [0.4, 0.5) is 10.5 Å². The summed E-state index contributed by atoms with van der Waals surface area (Å²) in [5.74, 6) is 0.136. The number of amides is 2. The topological polar surface area (TPSA) is 103 Å². The number of halogens is 2. The Labute approximate surface area is 253 Å². The fourth-order valence-electron chi connectivity index (χ4n) is 4.83. The molecule has 220 valence electrons. The van der Waals surface area contributed by atoms with Crippen molar-refractivity contribution in [3.8, 4) is 11.5 Å². The van der Waals surface area contributed by atoms with Crippen LogP contribution in [-0.4, -0.2) is 41.6 Å². The van der Waals surface area contributed by atoms with Gasteiger partial charge in [-0.25, -0.2) is 9.59 Å². The molecule has 3 aromatic rings. The van der Waals surface area contributed by atoms with E-state index in [0.717, 1.165) is 11.1 Å². The molecule has 0 aromatic heterocycles. The van der Waals surface area contributed by atoms with Crippen molar-refractivity contribution in [2.45, 2.75) is 58.1 Å². The zero-order valence-electron chi connectivity index (χ0n) is 23.5. The van der Waals surface area contributed by atoms with Crippen molar-refractivity contribution in [1.82, 2.24) is 4.90 Å². The summed E-state index contributed by atoms with van der Waals surface area (Å²) in [6.07, 6.45) is -1.32. The molecule has 0 saturated carbocycles. The number of ether oxygens (including phenoxy) is 4. The van der Waals surface area contributed by atoms with E-state index in [1.54, 1.807) is 75.4 Å². The second kappa shape index (κ2) is 11.7. The highest BCUT2D eigenvalue weighted by molar-refractivity contribution is 6.35. The number of carbonyl (C=O) groups is 3. The Morgan fingerprint density at radius 3 is 2.38 bits per heavy atom. The van der Waals surface area contributed by atoms with Crippen LogP contribution >= 0.6 is 23.2 Å². The number of methoxy groups -OCH3 is 1. The molecule has 2 heterocycles. The summed E-state index contributed by atoms with van der Waals surface area (Å²) in [5, 5.41) is 3.94. The molecule has 42 heavy (non-hydrogen) atoms. The van der Waals surface area contributed by atoms with Gasteiger partial charge in [-0.15, -0.1) is 0 Å². The highest BCUT2D eigenvalue weighted by atomic mass is 35.5. The van der Waals surface area contributed by atoms with Crippen molar-refractivity contribution in [3.05, 3.63) is 86.9 Å². The Morgan fingerprint density at radius 2 is 1.74 bits per heavy atom. The van der Waals surface area contributed by atoms with Crippen LogP contribution in [0.1, 0.15) is 49.1 Å². The summed E-state index contributed by atoms with van der Waals surface area (Å²) in [7, 11) is 1.28. The van der Waals surface area contributed by atoms with E-state index in [9.17, 15) is 14.4 Å². The van der Waals surface area contributed by atoms with Gasteiger partial charge in [0.2, 0.25) is 6.10 Å². The van der Waals surface area contributed by atoms with Crippen LogP contribution in [0.5, 0.6) is 11.5 Å². The molecule has 0 spiro atoms. The first-order chi connectivity index (χ1) is 19.9. The molecule has 11 heteroatoms. The molecular weight excluding hydrogens is 583 g/mol. The van der Waals surface area contributed by atoms with Crippen LogP contribution in [0.2, 0.25) is 10.0 Å². The number of fused-ring (bicyclic) bond motifs is 2. The summed E-state index contributed by atoms with van der Waals surface area (Å²) in [6, 6.07) is 14.9.